The van der Waals surface area contributed by atoms with Crippen LogP contribution < -0.4 is 4.74 Å². The van der Waals surface area contributed by atoms with Crippen molar-refractivity contribution < 1.29 is 14.3 Å². The van der Waals surface area contributed by atoms with Crippen LogP contribution in [0.4, 0.5) is 0 Å². The Labute approximate surface area is 108 Å². The molecule has 1 aromatic carbocycles. The van der Waals surface area contributed by atoms with Crippen molar-refractivity contribution in [2.24, 2.45) is 10.6 Å². The summed E-state index contributed by atoms with van der Waals surface area (Å²) in [6.07, 6.45) is 1.70. The highest BCUT2D eigenvalue weighted by atomic mass is 16.8. The summed E-state index contributed by atoms with van der Waals surface area (Å²) >= 11 is 0. The monoisotopic (exact) mass is 249 g/mol. The summed E-state index contributed by atoms with van der Waals surface area (Å²) in [6.45, 7) is 6.43. The summed E-state index contributed by atoms with van der Waals surface area (Å²) in [4.78, 5) is 4.62. The third kappa shape index (κ3) is 3.23. The first-order valence-corrected chi connectivity index (χ1v) is 5.99. The third-order valence-electron chi connectivity index (χ3n) is 2.74. The fourth-order valence-corrected chi connectivity index (χ4v) is 1.68. The van der Waals surface area contributed by atoms with Crippen LogP contribution in [0.1, 0.15) is 26.3 Å². The Morgan fingerprint density at radius 2 is 1.89 bits per heavy atom. The Balaban J connectivity index is 1.90. The molecule has 1 saturated heterocycles. The van der Waals surface area contributed by atoms with Gasteiger partial charge >= 0.3 is 0 Å². The largest absolute Gasteiger partial charge is 0.462 e. The summed E-state index contributed by atoms with van der Waals surface area (Å²) in [5.41, 5.74) is 1.09. The maximum absolute atomic E-state index is 5.73. The number of nitrogens with zero attached hydrogens (tertiary/aromatic N) is 1. The second-order valence-electron chi connectivity index (χ2n) is 5.40. The van der Waals surface area contributed by atoms with Crippen LogP contribution in [0.3, 0.4) is 0 Å². The van der Waals surface area contributed by atoms with E-state index < -0.39 is 0 Å². The van der Waals surface area contributed by atoms with Gasteiger partial charge < -0.3 is 14.3 Å². The van der Waals surface area contributed by atoms with Gasteiger partial charge in [0.1, 0.15) is 19.0 Å². The van der Waals surface area contributed by atoms with Gasteiger partial charge in [0.2, 0.25) is 6.29 Å². The lowest BCUT2D eigenvalue weighted by Gasteiger charge is -2.13. The minimum absolute atomic E-state index is 0.121. The van der Waals surface area contributed by atoms with Gasteiger partial charge in [-0.1, -0.05) is 25.9 Å². The highest BCUT2D eigenvalue weighted by Gasteiger charge is 2.49. The van der Waals surface area contributed by atoms with Crippen LogP contribution in [0.2, 0.25) is 0 Å². The average Bonchev–Trinajstić information content (AvgIpc) is 3.07. The van der Waals surface area contributed by atoms with Crippen LogP contribution in [0.15, 0.2) is 29.4 Å². The molecular weight excluding hydrogens is 230 g/mol. The number of oxime groups is 1. The van der Waals surface area contributed by atoms with E-state index in [0.717, 1.165) is 11.3 Å². The van der Waals surface area contributed by atoms with Crippen molar-refractivity contribution >= 4 is 6.21 Å². The first-order chi connectivity index (χ1) is 8.50. The van der Waals surface area contributed by atoms with Crippen LogP contribution in [0.5, 0.6) is 5.75 Å². The van der Waals surface area contributed by atoms with Crippen molar-refractivity contribution in [1.82, 2.24) is 0 Å². The standard InChI is InChI=1S/C14H19NO3/c1-14(2,3)12-13(18-12)17-11-7-5-10(6-8-11)9-15-16-4/h5-9,12-13H,1-4H3/b15-9+. The molecule has 18 heavy (non-hydrogen) atoms. The van der Waals surface area contributed by atoms with Crippen molar-refractivity contribution in [2.75, 3.05) is 7.11 Å². The van der Waals surface area contributed by atoms with Gasteiger partial charge in [0.05, 0.1) is 6.21 Å². The van der Waals surface area contributed by atoms with E-state index in [0.29, 0.717) is 0 Å². The SMILES string of the molecule is CO/N=C/c1ccc(OC2OC2C(C)(C)C)cc1. The van der Waals surface area contributed by atoms with Gasteiger partial charge in [-0.3, -0.25) is 0 Å². The summed E-state index contributed by atoms with van der Waals surface area (Å²) in [5, 5.41) is 3.70. The second-order valence-corrected chi connectivity index (χ2v) is 5.40. The molecule has 2 rings (SSSR count). The van der Waals surface area contributed by atoms with E-state index in [1.807, 2.05) is 24.3 Å². The molecule has 4 nitrogen and oxygen atoms in total. The van der Waals surface area contributed by atoms with Gasteiger partial charge in [-0.25, -0.2) is 0 Å². The highest BCUT2D eigenvalue weighted by molar-refractivity contribution is 5.79. The van der Waals surface area contributed by atoms with Crippen LogP contribution >= 0.6 is 0 Å². The molecular formula is C14H19NO3. The van der Waals surface area contributed by atoms with E-state index in [1.54, 1.807) is 6.21 Å². The molecule has 2 unspecified atom stereocenters. The van der Waals surface area contributed by atoms with Crippen molar-refractivity contribution in [3.05, 3.63) is 29.8 Å². The molecule has 1 aromatic rings. The zero-order chi connectivity index (χ0) is 13.2. The van der Waals surface area contributed by atoms with Crippen LogP contribution in [0.25, 0.3) is 0 Å². The van der Waals surface area contributed by atoms with Crippen molar-refractivity contribution in [3.63, 3.8) is 0 Å². The summed E-state index contributed by atoms with van der Waals surface area (Å²) in [6, 6.07) is 7.65. The van der Waals surface area contributed by atoms with E-state index in [2.05, 4.69) is 30.8 Å². The number of epoxide rings is 1. The molecule has 0 spiro atoms. The minimum atomic E-state index is -0.122. The normalized spacial score (nSPS) is 23.1. The highest BCUT2D eigenvalue weighted by Crippen LogP contribution is 2.38. The molecule has 0 amide bonds. The quantitative estimate of drug-likeness (QED) is 0.468. The number of hydrogen-bond donors (Lipinski definition) is 0. The Morgan fingerprint density at radius 3 is 2.39 bits per heavy atom. The number of rotatable bonds is 4. The average molecular weight is 249 g/mol. The minimum Gasteiger partial charge on any atom is -0.462 e. The predicted octanol–water partition coefficient (Wildman–Crippen LogP) is 2.82. The molecule has 1 fully saturated rings. The molecule has 0 aliphatic carbocycles. The molecule has 0 bridgehead atoms. The predicted molar refractivity (Wildman–Crippen MR) is 69.8 cm³/mol. The van der Waals surface area contributed by atoms with Gasteiger partial charge in [0.25, 0.3) is 0 Å². The van der Waals surface area contributed by atoms with E-state index in [1.165, 1.54) is 7.11 Å². The Bertz CT molecular complexity index is 420. The van der Waals surface area contributed by atoms with Crippen molar-refractivity contribution in [1.29, 1.82) is 0 Å². The molecule has 0 radical (unpaired) electrons. The van der Waals surface area contributed by atoms with Gasteiger partial charge in [0.15, 0.2) is 0 Å². The molecule has 1 aliphatic heterocycles. The van der Waals surface area contributed by atoms with Crippen LogP contribution in [-0.2, 0) is 9.57 Å². The van der Waals surface area contributed by atoms with Gasteiger partial charge in [-0.2, -0.15) is 0 Å². The molecule has 1 aliphatic rings. The number of hydrogen-bond acceptors (Lipinski definition) is 4. The second kappa shape index (κ2) is 4.98. The number of benzene rings is 1. The van der Waals surface area contributed by atoms with E-state index >= 15 is 0 Å². The number of ether oxygens (including phenoxy) is 2. The van der Waals surface area contributed by atoms with E-state index in [4.69, 9.17) is 9.47 Å². The zero-order valence-corrected chi connectivity index (χ0v) is 11.2. The first kappa shape index (κ1) is 12.9. The summed E-state index contributed by atoms with van der Waals surface area (Å²) in [5.74, 6) is 0.807. The molecule has 4 heteroatoms. The molecule has 1 heterocycles. The molecule has 98 valence electrons. The molecule has 0 N–H and O–H groups in total. The lowest BCUT2D eigenvalue weighted by molar-refractivity contribution is 0.175. The maximum atomic E-state index is 5.73. The summed E-state index contributed by atoms with van der Waals surface area (Å²) in [7, 11) is 1.52. The smallest absolute Gasteiger partial charge is 0.227 e. The van der Waals surface area contributed by atoms with Crippen LogP contribution in [0, 0.1) is 5.41 Å². The lowest BCUT2D eigenvalue weighted by Crippen LogP contribution is -2.18. The van der Waals surface area contributed by atoms with E-state index in [9.17, 15) is 0 Å². The van der Waals surface area contributed by atoms with Gasteiger partial charge in [-0.15, -0.1) is 0 Å². The zero-order valence-electron chi connectivity index (χ0n) is 11.2. The molecule has 0 aromatic heterocycles. The lowest BCUT2D eigenvalue weighted by atomic mass is 9.92. The van der Waals surface area contributed by atoms with Crippen LogP contribution in [-0.4, -0.2) is 25.7 Å². The first-order valence-electron chi connectivity index (χ1n) is 5.99. The topological polar surface area (TPSA) is 43.4 Å². The Kier molecular flexibility index (Phi) is 3.57. The molecule has 2 atom stereocenters. The Morgan fingerprint density at radius 1 is 1.22 bits per heavy atom. The summed E-state index contributed by atoms with van der Waals surface area (Å²) < 4.78 is 11.2. The van der Waals surface area contributed by atoms with Crippen molar-refractivity contribution in [2.45, 2.75) is 33.2 Å². The Hall–Kier alpha value is -1.55. The fraction of sp³-hybridized carbons (Fsp3) is 0.500. The maximum Gasteiger partial charge on any atom is 0.227 e. The fourth-order valence-electron chi connectivity index (χ4n) is 1.68. The third-order valence-corrected chi connectivity index (χ3v) is 2.74. The van der Waals surface area contributed by atoms with Gasteiger partial charge in [0, 0.05) is 0 Å². The van der Waals surface area contributed by atoms with E-state index in [-0.39, 0.29) is 17.8 Å². The molecule has 0 saturated carbocycles. The van der Waals surface area contributed by atoms with Gasteiger partial charge in [-0.05, 0) is 35.2 Å². The van der Waals surface area contributed by atoms with Crippen molar-refractivity contribution in [3.8, 4) is 5.75 Å².